The molecule has 1 atom stereocenters. The Morgan fingerprint density at radius 1 is 1.00 bits per heavy atom. The number of hydrogen-bond donors (Lipinski definition) is 0. The number of rotatable bonds is 4. The molecule has 1 aliphatic carbocycles. The highest BCUT2D eigenvalue weighted by molar-refractivity contribution is 5.81. The molecule has 2 aliphatic rings. The molecule has 1 heterocycles. The Bertz CT molecular complexity index is 846. The van der Waals surface area contributed by atoms with E-state index in [1.807, 2.05) is 34.9 Å². The first kappa shape index (κ1) is 18.8. The van der Waals surface area contributed by atoms with Crippen LogP contribution in [0.1, 0.15) is 30.9 Å². The highest BCUT2D eigenvalue weighted by atomic mass is 19.1. The minimum Gasteiger partial charge on any atom is -0.481 e. The molecule has 1 aliphatic heterocycles. The van der Waals surface area contributed by atoms with Gasteiger partial charge in [-0.15, -0.1) is 0 Å². The molecule has 1 amide bonds. The van der Waals surface area contributed by atoms with E-state index in [4.69, 9.17) is 4.74 Å². The van der Waals surface area contributed by atoms with Crippen LogP contribution in [0, 0.1) is 5.82 Å². The zero-order chi connectivity index (χ0) is 19.5. The first-order valence-corrected chi connectivity index (χ1v) is 10.2. The lowest BCUT2D eigenvalue weighted by molar-refractivity contribution is -0.138. The zero-order valence-electron chi connectivity index (χ0n) is 16.4. The molecule has 0 aromatic heterocycles. The van der Waals surface area contributed by atoms with Crippen LogP contribution < -0.4 is 9.64 Å². The van der Waals surface area contributed by atoms with E-state index in [9.17, 15) is 9.18 Å². The number of fused-ring (bicyclic) bond motifs is 1. The summed E-state index contributed by atoms with van der Waals surface area (Å²) in [6.07, 6.45) is 3.99. The van der Waals surface area contributed by atoms with E-state index >= 15 is 0 Å². The van der Waals surface area contributed by atoms with E-state index in [1.165, 1.54) is 30.0 Å². The van der Waals surface area contributed by atoms with E-state index in [0.717, 1.165) is 18.6 Å². The Balaban J connectivity index is 1.37. The summed E-state index contributed by atoms with van der Waals surface area (Å²) < 4.78 is 20.1. The normalized spacial score (nSPS) is 17.8. The van der Waals surface area contributed by atoms with E-state index in [2.05, 4.69) is 6.07 Å². The second-order valence-electron chi connectivity index (χ2n) is 7.62. The van der Waals surface area contributed by atoms with Crippen LogP contribution in [0.3, 0.4) is 0 Å². The lowest BCUT2D eigenvalue weighted by atomic mass is 9.91. The summed E-state index contributed by atoms with van der Waals surface area (Å²) in [5.41, 5.74) is 3.22. The maximum absolute atomic E-state index is 14.0. The minimum atomic E-state index is -0.520. The van der Waals surface area contributed by atoms with Gasteiger partial charge in [0, 0.05) is 26.2 Å². The third kappa shape index (κ3) is 3.84. The third-order valence-corrected chi connectivity index (χ3v) is 5.79. The number of carbonyl (C=O) groups excluding carboxylic acids is 1. The molecular weight excluding hydrogens is 355 g/mol. The zero-order valence-corrected chi connectivity index (χ0v) is 16.4. The fourth-order valence-corrected chi connectivity index (χ4v) is 4.23. The topological polar surface area (TPSA) is 32.8 Å². The average Bonchev–Trinajstić information content (AvgIpc) is 2.74. The molecule has 0 N–H and O–H groups in total. The van der Waals surface area contributed by atoms with Crippen molar-refractivity contribution in [2.45, 2.75) is 38.7 Å². The summed E-state index contributed by atoms with van der Waals surface area (Å²) in [6.45, 7) is 4.23. The first-order chi connectivity index (χ1) is 13.6. The van der Waals surface area contributed by atoms with Crippen molar-refractivity contribution < 1.29 is 13.9 Å². The fourth-order valence-electron chi connectivity index (χ4n) is 4.23. The van der Waals surface area contributed by atoms with Crippen LogP contribution in [-0.2, 0) is 17.6 Å². The number of para-hydroxylation sites is 1. The maximum Gasteiger partial charge on any atom is 0.263 e. The first-order valence-electron chi connectivity index (χ1n) is 10.2. The Morgan fingerprint density at radius 3 is 2.54 bits per heavy atom. The van der Waals surface area contributed by atoms with Crippen molar-refractivity contribution in [2.24, 2.45) is 0 Å². The highest BCUT2D eigenvalue weighted by Crippen LogP contribution is 2.30. The average molecular weight is 382 g/mol. The van der Waals surface area contributed by atoms with Crippen molar-refractivity contribution in [3.05, 3.63) is 59.4 Å². The molecule has 1 saturated heterocycles. The molecule has 4 nitrogen and oxygen atoms in total. The van der Waals surface area contributed by atoms with Gasteiger partial charge in [0.1, 0.15) is 11.6 Å². The quantitative estimate of drug-likeness (QED) is 0.806. The summed E-state index contributed by atoms with van der Waals surface area (Å²) >= 11 is 0. The molecular formula is C23H27FN2O2. The van der Waals surface area contributed by atoms with Crippen LogP contribution in [0.15, 0.2) is 42.5 Å². The molecule has 2 aromatic carbocycles. The molecule has 0 unspecified atom stereocenters. The number of carbonyl (C=O) groups is 1. The van der Waals surface area contributed by atoms with Crippen LogP contribution >= 0.6 is 0 Å². The molecule has 4 rings (SSSR count). The Kier molecular flexibility index (Phi) is 5.51. The Hall–Kier alpha value is -2.56. The standard InChI is InChI=1S/C23H27FN2O2/c1-17(28-22-12-6-8-18-7-2-3-9-19(18)22)23(27)26-15-13-25(14-16-26)21-11-5-4-10-20(21)24/h4-6,8,10-12,17H,2-3,7,9,13-16H2,1H3/t17-/m0/s1. The third-order valence-electron chi connectivity index (χ3n) is 5.79. The van der Waals surface area contributed by atoms with Crippen LogP contribution in [-0.4, -0.2) is 43.1 Å². The molecule has 2 aromatic rings. The highest BCUT2D eigenvalue weighted by Gasteiger charge is 2.27. The minimum absolute atomic E-state index is 0.00148. The van der Waals surface area contributed by atoms with Gasteiger partial charge in [-0.1, -0.05) is 24.3 Å². The van der Waals surface area contributed by atoms with Crippen molar-refractivity contribution in [3.63, 3.8) is 0 Å². The Labute approximate surface area is 165 Å². The van der Waals surface area contributed by atoms with Crippen LogP contribution in [0.5, 0.6) is 5.75 Å². The van der Waals surface area contributed by atoms with Crippen molar-refractivity contribution >= 4 is 11.6 Å². The fraction of sp³-hybridized carbons (Fsp3) is 0.435. The van der Waals surface area contributed by atoms with Crippen LogP contribution in [0.2, 0.25) is 0 Å². The van der Waals surface area contributed by atoms with Gasteiger partial charge in [0.05, 0.1) is 5.69 Å². The number of ether oxygens (including phenoxy) is 1. The summed E-state index contributed by atoms with van der Waals surface area (Å²) in [4.78, 5) is 16.7. The predicted molar refractivity (Wildman–Crippen MR) is 108 cm³/mol. The van der Waals surface area contributed by atoms with Gasteiger partial charge >= 0.3 is 0 Å². The summed E-state index contributed by atoms with van der Waals surface area (Å²) in [6, 6.07) is 13.0. The van der Waals surface area contributed by atoms with Crippen molar-refractivity contribution in [1.29, 1.82) is 0 Å². The molecule has 0 radical (unpaired) electrons. The molecule has 0 spiro atoms. The molecule has 0 saturated carbocycles. The van der Waals surface area contributed by atoms with Gasteiger partial charge in [0.2, 0.25) is 0 Å². The molecule has 28 heavy (non-hydrogen) atoms. The van der Waals surface area contributed by atoms with Gasteiger partial charge in [-0.2, -0.15) is 0 Å². The van der Waals surface area contributed by atoms with Gasteiger partial charge in [-0.3, -0.25) is 4.79 Å². The van der Waals surface area contributed by atoms with Crippen LogP contribution in [0.25, 0.3) is 0 Å². The largest absolute Gasteiger partial charge is 0.481 e. The number of benzene rings is 2. The second-order valence-corrected chi connectivity index (χ2v) is 7.62. The van der Waals surface area contributed by atoms with Gasteiger partial charge < -0.3 is 14.5 Å². The van der Waals surface area contributed by atoms with Crippen molar-refractivity contribution in [2.75, 3.05) is 31.1 Å². The van der Waals surface area contributed by atoms with Gasteiger partial charge in [-0.25, -0.2) is 4.39 Å². The number of nitrogens with zero attached hydrogens (tertiary/aromatic N) is 2. The van der Waals surface area contributed by atoms with Gasteiger partial charge in [0.15, 0.2) is 6.10 Å². The van der Waals surface area contributed by atoms with E-state index in [0.29, 0.717) is 31.9 Å². The van der Waals surface area contributed by atoms with Crippen molar-refractivity contribution in [1.82, 2.24) is 4.90 Å². The van der Waals surface area contributed by atoms with Gasteiger partial charge in [-0.05, 0) is 61.9 Å². The van der Waals surface area contributed by atoms with Gasteiger partial charge in [0.25, 0.3) is 5.91 Å². The lowest BCUT2D eigenvalue weighted by Gasteiger charge is -2.37. The lowest BCUT2D eigenvalue weighted by Crippen LogP contribution is -2.52. The van der Waals surface area contributed by atoms with Crippen molar-refractivity contribution in [3.8, 4) is 5.75 Å². The van der Waals surface area contributed by atoms with E-state index in [-0.39, 0.29) is 11.7 Å². The Morgan fingerprint density at radius 2 is 1.75 bits per heavy atom. The number of piperazine rings is 1. The van der Waals surface area contributed by atoms with Crippen LogP contribution in [0.4, 0.5) is 10.1 Å². The summed E-state index contributed by atoms with van der Waals surface area (Å²) in [7, 11) is 0. The maximum atomic E-state index is 14.0. The van der Waals surface area contributed by atoms with E-state index in [1.54, 1.807) is 12.1 Å². The molecule has 148 valence electrons. The molecule has 0 bridgehead atoms. The van der Waals surface area contributed by atoms with E-state index < -0.39 is 6.10 Å². The molecule has 1 fully saturated rings. The summed E-state index contributed by atoms with van der Waals surface area (Å²) in [5, 5.41) is 0. The smallest absolute Gasteiger partial charge is 0.263 e. The number of hydrogen-bond acceptors (Lipinski definition) is 3. The molecule has 5 heteroatoms. The predicted octanol–water partition coefficient (Wildman–Crippen LogP) is 3.82. The number of anilines is 1. The summed E-state index contributed by atoms with van der Waals surface area (Å²) in [5.74, 6) is 0.637. The SMILES string of the molecule is C[C@H](Oc1cccc2c1CCCC2)C(=O)N1CCN(c2ccccc2F)CC1. The number of aryl methyl sites for hydroxylation is 1. The monoisotopic (exact) mass is 382 g/mol. The second kappa shape index (κ2) is 8.21. The number of amides is 1. The number of halogens is 1.